The van der Waals surface area contributed by atoms with Gasteiger partial charge in [0.15, 0.2) is 5.78 Å². The molecule has 0 saturated carbocycles. The van der Waals surface area contributed by atoms with Crippen molar-refractivity contribution in [3.63, 3.8) is 0 Å². The molecule has 1 heterocycles. The topological polar surface area (TPSA) is 151 Å². The van der Waals surface area contributed by atoms with E-state index in [1.165, 1.54) is 24.3 Å². The lowest BCUT2D eigenvalue weighted by Gasteiger charge is -2.09. The quantitative estimate of drug-likeness (QED) is 0.181. The normalized spacial score (nSPS) is 10.7. The van der Waals surface area contributed by atoms with E-state index in [4.69, 9.17) is 5.11 Å². The lowest BCUT2D eigenvalue weighted by atomic mass is 10.1. The summed E-state index contributed by atoms with van der Waals surface area (Å²) in [6.07, 6.45) is 2.25. The molecule has 0 atom stereocenters. The highest BCUT2D eigenvalue weighted by Gasteiger charge is 2.12. The van der Waals surface area contributed by atoms with Crippen molar-refractivity contribution in [1.82, 2.24) is 14.6 Å². The zero-order valence-corrected chi connectivity index (χ0v) is 12.0. The number of H-pyrrole nitrogens is 1. The molecule has 1 aromatic carbocycles. The Bertz CT molecular complexity index is 850. The highest BCUT2D eigenvalue weighted by atomic mass is 16.6. The molecular weight excluding hydrogens is 322 g/mol. The Balaban J connectivity index is 2.07. The standard InChI is InChI=1S/C13H11N5O6/c19-8-16(7-14-17-6-12(21)15-13(17)22)5-11(20)9-1-3-10(4-2-9)18(23)24/h1-4,6-8,21H,5H2,(H,15,22). The van der Waals surface area contributed by atoms with Gasteiger partial charge in [-0.05, 0) is 12.1 Å². The van der Waals surface area contributed by atoms with Gasteiger partial charge < -0.3 is 5.11 Å². The van der Waals surface area contributed by atoms with Crippen LogP contribution in [0.5, 0.6) is 5.88 Å². The van der Waals surface area contributed by atoms with Crippen LogP contribution in [0.25, 0.3) is 0 Å². The minimum absolute atomic E-state index is 0.160. The van der Waals surface area contributed by atoms with Crippen molar-refractivity contribution in [2.45, 2.75) is 0 Å². The number of rotatable bonds is 7. The Morgan fingerprint density at radius 1 is 1.42 bits per heavy atom. The number of carbonyl (C=O) groups excluding carboxylic acids is 2. The first-order valence-corrected chi connectivity index (χ1v) is 6.44. The largest absolute Gasteiger partial charge is 0.493 e. The first-order chi connectivity index (χ1) is 11.4. The van der Waals surface area contributed by atoms with Gasteiger partial charge in [0.05, 0.1) is 17.7 Å². The molecule has 0 bridgehead atoms. The van der Waals surface area contributed by atoms with E-state index in [2.05, 4.69) is 10.1 Å². The second kappa shape index (κ2) is 7.00. The van der Waals surface area contributed by atoms with Crippen molar-refractivity contribution in [2.24, 2.45) is 5.10 Å². The smallest absolute Gasteiger partial charge is 0.349 e. The van der Waals surface area contributed by atoms with Crippen molar-refractivity contribution in [1.29, 1.82) is 0 Å². The third kappa shape index (κ3) is 3.91. The van der Waals surface area contributed by atoms with E-state index in [1.54, 1.807) is 0 Å². The Morgan fingerprint density at radius 2 is 2.08 bits per heavy atom. The second-order valence-electron chi connectivity index (χ2n) is 4.52. The fraction of sp³-hybridized carbons (Fsp3) is 0.0769. The Labute approximate surface area is 133 Å². The number of carbonyl (C=O) groups is 2. The summed E-state index contributed by atoms with van der Waals surface area (Å²) in [4.78, 5) is 47.2. The van der Waals surface area contributed by atoms with Crippen molar-refractivity contribution < 1.29 is 19.6 Å². The summed E-state index contributed by atoms with van der Waals surface area (Å²) in [5.41, 5.74) is -0.708. The number of nitrogens with zero attached hydrogens (tertiary/aromatic N) is 4. The zero-order chi connectivity index (χ0) is 17.7. The average Bonchev–Trinajstić information content (AvgIpc) is 2.88. The van der Waals surface area contributed by atoms with E-state index in [-0.39, 0.29) is 17.8 Å². The van der Waals surface area contributed by atoms with E-state index in [9.17, 15) is 24.5 Å². The number of imidazole rings is 1. The summed E-state index contributed by atoms with van der Waals surface area (Å²) in [5.74, 6) is -0.885. The lowest BCUT2D eigenvalue weighted by molar-refractivity contribution is -0.384. The number of aromatic nitrogens is 2. The van der Waals surface area contributed by atoms with Crippen molar-refractivity contribution in [3.8, 4) is 5.88 Å². The number of nitrogens with one attached hydrogen (secondary N) is 1. The van der Waals surface area contributed by atoms with Crippen LogP contribution in [-0.2, 0) is 4.79 Å². The molecule has 0 unspecified atom stereocenters. The molecule has 2 N–H and O–H groups in total. The van der Waals surface area contributed by atoms with Gasteiger partial charge in [-0.2, -0.15) is 9.78 Å². The molecule has 2 rings (SSSR count). The van der Waals surface area contributed by atoms with Crippen LogP contribution in [-0.4, -0.2) is 49.7 Å². The number of aromatic hydroxyl groups is 1. The summed E-state index contributed by atoms with van der Waals surface area (Å²) in [6, 6.07) is 4.90. The molecule has 0 fully saturated rings. The molecule has 0 aliphatic carbocycles. The van der Waals surface area contributed by atoms with E-state index in [0.717, 1.165) is 22.1 Å². The molecular formula is C13H11N5O6. The average molecular weight is 333 g/mol. The monoisotopic (exact) mass is 333 g/mol. The number of Topliss-reactive ketones (excluding diaryl/α,β-unsaturated/α-hetero) is 1. The van der Waals surface area contributed by atoms with Crippen LogP contribution in [0.4, 0.5) is 5.69 Å². The van der Waals surface area contributed by atoms with E-state index >= 15 is 0 Å². The van der Waals surface area contributed by atoms with Gasteiger partial charge in [-0.25, -0.2) is 4.79 Å². The van der Waals surface area contributed by atoms with Crippen LogP contribution in [0.1, 0.15) is 10.4 Å². The van der Waals surface area contributed by atoms with Crippen molar-refractivity contribution >= 4 is 24.2 Å². The summed E-state index contributed by atoms with van der Waals surface area (Å²) in [5, 5.41) is 23.3. The molecule has 1 aromatic heterocycles. The van der Waals surface area contributed by atoms with Gasteiger partial charge in [-0.15, -0.1) is 0 Å². The predicted molar refractivity (Wildman–Crippen MR) is 80.8 cm³/mol. The molecule has 124 valence electrons. The molecule has 0 aliphatic rings. The second-order valence-corrected chi connectivity index (χ2v) is 4.52. The van der Waals surface area contributed by atoms with E-state index < -0.39 is 22.3 Å². The van der Waals surface area contributed by atoms with Gasteiger partial charge in [-0.1, -0.05) is 0 Å². The first kappa shape index (κ1) is 16.6. The third-order valence-electron chi connectivity index (χ3n) is 2.87. The maximum Gasteiger partial charge on any atom is 0.349 e. The molecule has 0 aliphatic heterocycles. The van der Waals surface area contributed by atoms with Gasteiger partial charge >= 0.3 is 5.69 Å². The Hall–Kier alpha value is -3.76. The lowest BCUT2D eigenvalue weighted by Crippen LogP contribution is -2.28. The molecule has 0 spiro atoms. The Morgan fingerprint density at radius 3 is 2.58 bits per heavy atom. The minimum atomic E-state index is -0.726. The summed E-state index contributed by atoms with van der Waals surface area (Å²) in [7, 11) is 0. The number of benzene rings is 1. The summed E-state index contributed by atoms with van der Waals surface area (Å²) in [6.45, 7) is -0.379. The highest BCUT2D eigenvalue weighted by Crippen LogP contribution is 2.12. The minimum Gasteiger partial charge on any atom is -0.493 e. The number of non-ortho nitro benzene ring substituents is 1. The fourth-order valence-corrected chi connectivity index (χ4v) is 1.71. The maximum atomic E-state index is 12.0. The highest BCUT2D eigenvalue weighted by molar-refractivity contribution is 6.00. The molecule has 0 radical (unpaired) electrons. The van der Waals surface area contributed by atoms with Crippen LogP contribution in [0.2, 0.25) is 0 Å². The number of hydrogen-bond acceptors (Lipinski definition) is 7. The molecule has 11 nitrogen and oxygen atoms in total. The molecule has 0 saturated heterocycles. The van der Waals surface area contributed by atoms with E-state index in [0.29, 0.717) is 6.41 Å². The van der Waals surface area contributed by atoms with Gasteiger partial charge in [-0.3, -0.25) is 29.6 Å². The first-order valence-electron chi connectivity index (χ1n) is 6.44. The van der Waals surface area contributed by atoms with Crippen LogP contribution in [0.3, 0.4) is 0 Å². The maximum absolute atomic E-state index is 12.0. The molecule has 24 heavy (non-hydrogen) atoms. The van der Waals surface area contributed by atoms with Crippen LogP contribution in [0.15, 0.2) is 40.4 Å². The van der Waals surface area contributed by atoms with E-state index in [1.807, 2.05) is 0 Å². The summed E-state index contributed by atoms with van der Waals surface area (Å²) < 4.78 is 0.738. The van der Waals surface area contributed by atoms with Gasteiger partial charge in [0.1, 0.15) is 6.34 Å². The van der Waals surface area contributed by atoms with Crippen LogP contribution < -0.4 is 5.69 Å². The zero-order valence-electron chi connectivity index (χ0n) is 12.0. The predicted octanol–water partition coefficient (Wildman–Crippen LogP) is -0.0771. The molecule has 2 aromatic rings. The van der Waals surface area contributed by atoms with Crippen molar-refractivity contribution in [3.05, 3.63) is 56.6 Å². The number of aromatic amines is 1. The van der Waals surface area contributed by atoms with Gasteiger partial charge in [0.25, 0.3) is 5.69 Å². The van der Waals surface area contributed by atoms with Gasteiger partial charge in [0, 0.05) is 17.7 Å². The molecule has 11 heteroatoms. The fourth-order valence-electron chi connectivity index (χ4n) is 1.71. The Kier molecular flexibility index (Phi) is 4.84. The van der Waals surface area contributed by atoms with Crippen LogP contribution >= 0.6 is 0 Å². The number of ketones is 1. The third-order valence-corrected chi connectivity index (χ3v) is 2.87. The van der Waals surface area contributed by atoms with Gasteiger partial charge in [0.2, 0.25) is 12.3 Å². The number of amides is 1. The molecule has 1 amide bonds. The number of nitro benzene ring substituents is 1. The number of nitro groups is 1. The van der Waals surface area contributed by atoms with Crippen molar-refractivity contribution in [2.75, 3.05) is 6.54 Å². The van der Waals surface area contributed by atoms with Crippen LogP contribution in [0, 0.1) is 10.1 Å². The number of hydrogen-bond donors (Lipinski definition) is 2. The SMILES string of the molecule is O=CN(C=Nn1cc(O)[nH]c1=O)CC(=O)c1ccc([N+](=O)[O-])cc1. The summed E-state index contributed by atoms with van der Waals surface area (Å²) >= 11 is 0.